The standard InChI is InChI=1S/C14H23NO3S/c1-11(2)9-10-12(3)15-19(16,17)14-8-6-5-7-13(14)18-4/h5-8,11-12,15H,9-10H2,1-4H3. The molecule has 1 rings (SSSR count). The fourth-order valence-corrected chi connectivity index (χ4v) is 3.26. The number of para-hydroxylation sites is 1. The minimum atomic E-state index is -3.53. The number of nitrogens with one attached hydrogen (secondary N) is 1. The first-order valence-corrected chi connectivity index (χ1v) is 8.00. The minimum absolute atomic E-state index is 0.0858. The molecule has 0 aromatic heterocycles. The molecule has 0 saturated carbocycles. The van der Waals surface area contributed by atoms with Gasteiger partial charge in [-0.1, -0.05) is 26.0 Å². The lowest BCUT2D eigenvalue weighted by molar-refractivity contribution is 0.401. The van der Waals surface area contributed by atoms with Crippen molar-refractivity contribution < 1.29 is 13.2 Å². The van der Waals surface area contributed by atoms with Crippen LogP contribution < -0.4 is 9.46 Å². The zero-order valence-electron chi connectivity index (χ0n) is 12.0. The van der Waals surface area contributed by atoms with Gasteiger partial charge in [-0.25, -0.2) is 13.1 Å². The molecule has 1 aromatic rings. The molecule has 108 valence electrons. The van der Waals surface area contributed by atoms with Crippen LogP contribution in [-0.2, 0) is 10.0 Å². The Morgan fingerprint density at radius 3 is 2.37 bits per heavy atom. The average Bonchev–Trinajstić information content (AvgIpc) is 2.35. The van der Waals surface area contributed by atoms with Gasteiger partial charge in [0.2, 0.25) is 10.0 Å². The maximum Gasteiger partial charge on any atom is 0.244 e. The highest BCUT2D eigenvalue weighted by molar-refractivity contribution is 7.89. The van der Waals surface area contributed by atoms with Crippen molar-refractivity contribution in [2.24, 2.45) is 5.92 Å². The smallest absolute Gasteiger partial charge is 0.244 e. The topological polar surface area (TPSA) is 55.4 Å². The molecule has 0 aliphatic heterocycles. The third-order valence-electron chi connectivity index (χ3n) is 2.89. The summed E-state index contributed by atoms with van der Waals surface area (Å²) in [6.45, 7) is 6.14. The molecule has 1 unspecified atom stereocenters. The van der Waals surface area contributed by atoms with E-state index in [1.807, 2.05) is 6.92 Å². The number of hydrogen-bond donors (Lipinski definition) is 1. The Morgan fingerprint density at radius 2 is 1.79 bits per heavy atom. The molecule has 1 atom stereocenters. The van der Waals surface area contributed by atoms with E-state index in [1.54, 1.807) is 24.3 Å². The second-order valence-corrected chi connectivity index (χ2v) is 6.83. The maximum absolute atomic E-state index is 12.3. The van der Waals surface area contributed by atoms with Gasteiger partial charge in [0.25, 0.3) is 0 Å². The Labute approximate surface area is 116 Å². The second kappa shape index (κ2) is 6.91. The Balaban J connectivity index is 2.81. The van der Waals surface area contributed by atoms with E-state index in [0.29, 0.717) is 11.7 Å². The van der Waals surface area contributed by atoms with Crippen molar-refractivity contribution in [1.82, 2.24) is 4.72 Å². The molecular formula is C14H23NO3S. The predicted octanol–water partition coefficient (Wildman–Crippen LogP) is 2.80. The van der Waals surface area contributed by atoms with Crippen LogP contribution >= 0.6 is 0 Å². The summed E-state index contributed by atoms with van der Waals surface area (Å²) in [6, 6.07) is 6.55. The minimum Gasteiger partial charge on any atom is -0.495 e. The summed E-state index contributed by atoms with van der Waals surface area (Å²) in [6.07, 6.45) is 1.82. The monoisotopic (exact) mass is 285 g/mol. The average molecular weight is 285 g/mol. The van der Waals surface area contributed by atoms with Gasteiger partial charge in [-0.05, 0) is 37.8 Å². The lowest BCUT2D eigenvalue weighted by atomic mass is 10.1. The lowest BCUT2D eigenvalue weighted by Crippen LogP contribution is -2.33. The first-order chi connectivity index (χ1) is 8.86. The van der Waals surface area contributed by atoms with Crippen molar-refractivity contribution >= 4 is 10.0 Å². The fourth-order valence-electron chi connectivity index (χ4n) is 1.81. The van der Waals surface area contributed by atoms with E-state index in [4.69, 9.17) is 4.74 Å². The van der Waals surface area contributed by atoms with Crippen LogP contribution in [0, 0.1) is 5.92 Å². The Morgan fingerprint density at radius 1 is 1.16 bits per heavy atom. The van der Waals surface area contributed by atoms with Crippen LogP contribution in [0.1, 0.15) is 33.6 Å². The Bertz CT molecular complexity index is 497. The van der Waals surface area contributed by atoms with E-state index in [1.165, 1.54) is 7.11 Å². The van der Waals surface area contributed by atoms with Crippen LogP contribution in [-0.4, -0.2) is 21.6 Å². The summed E-state index contributed by atoms with van der Waals surface area (Å²) in [5, 5.41) is 0. The quantitative estimate of drug-likeness (QED) is 0.838. The maximum atomic E-state index is 12.3. The number of benzene rings is 1. The summed E-state index contributed by atoms with van der Waals surface area (Å²) >= 11 is 0. The second-order valence-electron chi connectivity index (χ2n) is 5.14. The summed E-state index contributed by atoms with van der Waals surface area (Å²) in [5.41, 5.74) is 0. The Hall–Kier alpha value is -1.07. The van der Waals surface area contributed by atoms with E-state index >= 15 is 0 Å². The highest BCUT2D eigenvalue weighted by atomic mass is 32.2. The molecule has 0 radical (unpaired) electrons. The first kappa shape index (κ1) is 16.0. The van der Waals surface area contributed by atoms with Gasteiger partial charge in [0.15, 0.2) is 0 Å². The third-order valence-corrected chi connectivity index (χ3v) is 4.52. The summed E-state index contributed by atoms with van der Waals surface area (Å²) < 4.78 is 32.3. The first-order valence-electron chi connectivity index (χ1n) is 6.52. The van der Waals surface area contributed by atoms with Gasteiger partial charge in [-0.2, -0.15) is 0 Å². The normalized spacial score (nSPS) is 13.5. The lowest BCUT2D eigenvalue weighted by Gasteiger charge is -2.16. The van der Waals surface area contributed by atoms with Crippen LogP contribution in [0.2, 0.25) is 0 Å². The zero-order chi connectivity index (χ0) is 14.5. The molecular weight excluding hydrogens is 262 g/mol. The van der Waals surface area contributed by atoms with Gasteiger partial charge in [-0.15, -0.1) is 0 Å². The van der Waals surface area contributed by atoms with Crippen LogP contribution in [0.5, 0.6) is 5.75 Å². The van der Waals surface area contributed by atoms with Crippen molar-refractivity contribution in [2.45, 2.75) is 44.6 Å². The van der Waals surface area contributed by atoms with E-state index in [0.717, 1.165) is 12.8 Å². The summed E-state index contributed by atoms with van der Waals surface area (Å²) in [4.78, 5) is 0.189. The number of rotatable bonds is 7. The van der Waals surface area contributed by atoms with E-state index in [-0.39, 0.29) is 10.9 Å². The van der Waals surface area contributed by atoms with E-state index < -0.39 is 10.0 Å². The van der Waals surface area contributed by atoms with Gasteiger partial charge in [0.05, 0.1) is 7.11 Å². The number of methoxy groups -OCH3 is 1. The molecule has 0 saturated heterocycles. The number of hydrogen-bond acceptors (Lipinski definition) is 3. The van der Waals surface area contributed by atoms with Crippen LogP contribution in [0.25, 0.3) is 0 Å². The molecule has 19 heavy (non-hydrogen) atoms. The molecule has 5 heteroatoms. The Kier molecular flexibility index (Phi) is 5.82. The SMILES string of the molecule is COc1ccccc1S(=O)(=O)NC(C)CCC(C)C. The van der Waals surface area contributed by atoms with Gasteiger partial charge in [0, 0.05) is 6.04 Å². The van der Waals surface area contributed by atoms with Crippen LogP contribution in [0.3, 0.4) is 0 Å². The third kappa shape index (κ3) is 4.84. The van der Waals surface area contributed by atoms with Crippen LogP contribution in [0.15, 0.2) is 29.2 Å². The zero-order valence-corrected chi connectivity index (χ0v) is 12.8. The van der Waals surface area contributed by atoms with E-state index in [9.17, 15) is 8.42 Å². The predicted molar refractivity (Wildman–Crippen MR) is 76.8 cm³/mol. The van der Waals surface area contributed by atoms with Crippen LogP contribution in [0.4, 0.5) is 0 Å². The highest BCUT2D eigenvalue weighted by Crippen LogP contribution is 2.23. The number of ether oxygens (including phenoxy) is 1. The van der Waals surface area contributed by atoms with E-state index in [2.05, 4.69) is 18.6 Å². The molecule has 0 amide bonds. The van der Waals surface area contributed by atoms with Gasteiger partial charge >= 0.3 is 0 Å². The molecule has 4 nitrogen and oxygen atoms in total. The molecule has 0 heterocycles. The highest BCUT2D eigenvalue weighted by Gasteiger charge is 2.21. The largest absolute Gasteiger partial charge is 0.495 e. The summed E-state index contributed by atoms with van der Waals surface area (Å²) in [7, 11) is -2.06. The molecule has 0 bridgehead atoms. The van der Waals surface area contributed by atoms with Gasteiger partial charge in [-0.3, -0.25) is 0 Å². The fraction of sp³-hybridized carbons (Fsp3) is 0.571. The molecule has 0 spiro atoms. The number of sulfonamides is 1. The van der Waals surface area contributed by atoms with Crippen molar-refractivity contribution in [1.29, 1.82) is 0 Å². The molecule has 0 fully saturated rings. The van der Waals surface area contributed by atoms with Gasteiger partial charge in [0.1, 0.15) is 10.6 Å². The molecule has 1 aromatic carbocycles. The van der Waals surface area contributed by atoms with Crippen molar-refractivity contribution in [2.75, 3.05) is 7.11 Å². The molecule has 0 aliphatic carbocycles. The summed E-state index contributed by atoms with van der Waals surface area (Å²) in [5.74, 6) is 0.935. The molecule has 0 aliphatic rings. The molecule has 1 N–H and O–H groups in total. The van der Waals surface area contributed by atoms with Gasteiger partial charge < -0.3 is 4.74 Å². The van der Waals surface area contributed by atoms with Crippen molar-refractivity contribution in [3.63, 3.8) is 0 Å². The van der Waals surface area contributed by atoms with Crippen molar-refractivity contribution in [3.05, 3.63) is 24.3 Å². The van der Waals surface area contributed by atoms with Crippen molar-refractivity contribution in [3.8, 4) is 5.75 Å².